The van der Waals surface area contributed by atoms with Gasteiger partial charge in [-0.25, -0.2) is 0 Å². The molecule has 2 N–H and O–H groups in total. The van der Waals surface area contributed by atoms with Crippen molar-refractivity contribution in [2.24, 2.45) is 0 Å². The van der Waals surface area contributed by atoms with Crippen molar-refractivity contribution < 1.29 is 24.1 Å². The SMILES string of the molecule is O=C(Nc1cccc(O)c1)C1CCc2cc3c(cc2O1)OCO3. The second kappa shape index (κ2) is 5.39. The van der Waals surface area contributed by atoms with Crippen LogP contribution in [0.3, 0.4) is 0 Å². The van der Waals surface area contributed by atoms with Crippen LogP contribution in [0.2, 0.25) is 0 Å². The van der Waals surface area contributed by atoms with Crippen LogP contribution in [0.15, 0.2) is 36.4 Å². The molecule has 4 rings (SSSR count). The Morgan fingerprint density at radius 1 is 1.13 bits per heavy atom. The number of rotatable bonds is 2. The standard InChI is InChI=1S/C17H15NO5/c19-12-3-1-2-11(7-12)18-17(20)13-5-4-10-6-15-16(22-9-21-15)8-14(10)23-13/h1-3,6-8,13,19H,4-5,9H2,(H,18,20). The zero-order chi connectivity index (χ0) is 15.8. The molecule has 0 fully saturated rings. The number of carbonyl (C=O) groups is 1. The van der Waals surface area contributed by atoms with E-state index in [1.165, 1.54) is 6.07 Å². The normalized spacial score (nSPS) is 18.0. The number of ether oxygens (including phenoxy) is 3. The number of anilines is 1. The van der Waals surface area contributed by atoms with Gasteiger partial charge < -0.3 is 24.6 Å². The van der Waals surface area contributed by atoms with Gasteiger partial charge in [-0.2, -0.15) is 0 Å². The van der Waals surface area contributed by atoms with E-state index in [1.54, 1.807) is 24.3 Å². The lowest BCUT2D eigenvalue weighted by Crippen LogP contribution is -2.35. The van der Waals surface area contributed by atoms with Crippen LogP contribution in [-0.2, 0) is 11.2 Å². The van der Waals surface area contributed by atoms with Crippen molar-refractivity contribution in [3.8, 4) is 23.0 Å². The van der Waals surface area contributed by atoms with Crippen LogP contribution in [-0.4, -0.2) is 23.9 Å². The van der Waals surface area contributed by atoms with E-state index in [0.717, 1.165) is 17.7 Å². The lowest BCUT2D eigenvalue weighted by molar-refractivity contribution is -0.123. The Bertz CT molecular complexity index is 774. The van der Waals surface area contributed by atoms with Gasteiger partial charge in [0.05, 0.1) is 0 Å². The molecule has 23 heavy (non-hydrogen) atoms. The Morgan fingerprint density at radius 2 is 1.96 bits per heavy atom. The van der Waals surface area contributed by atoms with Crippen molar-refractivity contribution in [2.75, 3.05) is 12.1 Å². The van der Waals surface area contributed by atoms with Crippen molar-refractivity contribution in [2.45, 2.75) is 18.9 Å². The fourth-order valence-electron chi connectivity index (χ4n) is 2.76. The molecule has 1 amide bonds. The average Bonchev–Trinajstić information content (AvgIpc) is 2.99. The Labute approximate surface area is 132 Å². The summed E-state index contributed by atoms with van der Waals surface area (Å²) in [5.41, 5.74) is 1.55. The van der Waals surface area contributed by atoms with Gasteiger partial charge in [0, 0.05) is 17.8 Å². The molecule has 2 aromatic rings. The summed E-state index contributed by atoms with van der Waals surface area (Å²) in [5.74, 6) is 1.87. The molecule has 0 aromatic heterocycles. The number of amides is 1. The molecule has 0 spiro atoms. The zero-order valence-corrected chi connectivity index (χ0v) is 12.2. The first-order chi connectivity index (χ1) is 11.2. The summed E-state index contributed by atoms with van der Waals surface area (Å²) in [6.07, 6.45) is 0.728. The van der Waals surface area contributed by atoms with E-state index in [2.05, 4.69) is 5.32 Å². The van der Waals surface area contributed by atoms with Crippen LogP contribution in [0.4, 0.5) is 5.69 Å². The molecule has 1 atom stereocenters. The van der Waals surface area contributed by atoms with E-state index >= 15 is 0 Å². The molecule has 6 nitrogen and oxygen atoms in total. The monoisotopic (exact) mass is 313 g/mol. The number of aromatic hydroxyl groups is 1. The molecule has 0 aliphatic carbocycles. The summed E-state index contributed by atoms with van der Waals surface area (Å²) in [6.45, 7) is 0.208. The number of benzene rings is 2. The lowest BCUT2D eigenvalue weighted by Gasteiger charge is -2.25. The van der Waals surface area contributed by atoms with Gasteiger partial charge in [-0.05, 0) is 36.6 Å². The fraction of sp³-hybridized carbons (Fsp3) is 0.235. The van der Waals surface area contributed by atoms with Crippen LogP contribution < -0.4 is 19.5 Å². The Kier molecular flexibility index (Phi) is 3.22. The summed E-state index contributed by atoms with van der Waals surface area (Å²) in [6, 6.07) is 10.1. The molecule has 6 heteroatoms. The number of nitrogens with one attached hydrogen (secondary N) is 1. The smallest absolute Gasteiger partial charge is 0.265 e. The highest BCUT2D eigenvalue weighted by atomic mass is 16.7. The van der Waals surface area contributed by atoms with Crippen molar-refractivity contribution in [3.63, 3.8) is 0 Å². The maximum absolute atomic E-state index is 12.3. The van der Waals surface area contributed by atoms with Gasteiger partial charge in [-0.15, -0.1) is 0 Å². The Hall–Kier alpha value is -2.89. The number of hydrogen-bond donors (Lipinski definition) is 2. The maximum Gasteiger partial charge on any atom is 0.265 e. The first-order valence-electron chi connectivity index (χ1n) is 7.38. The van der Waals surface area contributed by atoms with Crippen molar-refractivity contribution in [3.05, 3.63) is 42.0 Å². The molecular formula is C17H15NO5. The van der Waals surface area contributed by atoms with Gasteiger partial charge >= 0.3 is 0 Å². The number of fused-ring (bicyclic) bond motifs is 2. The topological polar surface area (TPSA) is 77.0 Å². The second-order valence-corrected chi connectivity index (χ2v) is 5.50. The van der Waals surface area contributed by atoms with Crippen molar-refractivity contribution >= 4 is 11.6 Å². The van der Waals surface area contributed by atoms with Crippen molar-refractivity contribution in [1.82, 2.24) is 0 Å². The third kappa shape index (κ3) is 2.63. The summed E-state index contributed by atoms with van der Waals surface area (Å²) in [5, 5.41) is 12.2. The number of phenols is 1. The third-order valence-corrected chi connectivity index (χ3v) is 3.91. The number of carbonyl (C=O) groups excluding carboxylic acids is 1. The largest absolute Gasteiger partial charge is 0.508 e. The van der Waals surface area contributed by atoms with Gasteiger partial charge in [0.2, 0.25) is 6.79 Å². The molecule has 0 saturated heterocycles. The first kappa shape index (κ1) is 13.8. The number of phenolic OH excluding ortho intramolecular Hbond substituents is 1. The molecular weight excluding hydrogens is 298 g/mol. The minimum Gasteiger partial charge on any atom is -0.508 e. The molecule has 2 aliphatic rings. The van der Waals surface area contributed by atoms with Gasteiger partial charge in [0.1, 0.15) is 11.5 Å². The molecule has 2 heterocycles. The van der Waals surface area contributed by atoms with E-state index in [9.17, 15) is 9.90 Å². The van der Waals surface area contributed by atoms with Gasteiger partial charge in [-0.1, -0.05) is 6.07 Å². The summed E-state index contributed by atoms with van der Waals surface area (Å²) in [7, 11) is 0. The average molecular weight is 313 g/mol. The molecule has 118 valence electrons. The summed E-state index contributed by atoms with van der Waals surface area (Å²) >= 11 is 0. The fourth-order valence-corrected chi connectivity index (χ4v) is 2.76. The van der Waals surface area contributed by atoms with Gasteiger partial charge in [0.15, 0.2) is 17.6 Å². The zero-order valence-electron chi connectivity index (χ0n) is 12.2. The molecule has 2 aromatic carbocycles. The van der Waals surface area contributed by atoms with Crippen LogP contribution in [0, 0.1) is 0 Å². The van der Waals surface area contributed by atoms with E-state index in [1.807, 2.05) is 6.07 Å². The number of aryl methyl sites for hydroxylation is 1. The first-order valence-corrected chi connectivity index (χ1v) is 7.38. The Morgan fingerprint density at radius 3 is 2.78 bits per heavy atom. The van der Waals surface area contributed by atoms with E-state index in [0.29, 0.717) is 23.6 Å². The lowest BCUT2D eigenvalue weighted by atomic mass is 10.0. The van der Waals surface area contributed by atoms with Crippen LogP contribution in [0.25, 0.3) is 0 Å². The molecule has 0 saturated carbocycles. The van der Waals surface area contributed by atoms with Crippen molar-refractivity contribution in [1.29, 1.82) is 0 Å². The Balaban J connectivity index is 1.50. The highest BCUT2D eigenvalue weighted by molar-refractivity contribution is 5.94. The minimum atomic E-state index is -0.578. The van der Waals surface area contributed by atoms with Gasteiger partial charge in [0.25, 0.3) is 5.91 Å². The van der Waals surface area contributed by atoms with Gasteiger partial charge in [-0.3, -0.25) is 4.79 Å². The predicted molar refractivity (Wildman–Crippen MR) is 82.0 cm³/mol. The third-order valence-electron chi connectivity index (χ3n) is 3.91. The van der Waals surface area contributed by atoms with E-state index in [-0.39, 0.29) is 18.4 Å². The van der Waals surface area contributed by atoms with Crippen LogP contribution >= 0.6 is 0 Å². The van der Waals surface area contributed by atoms with E-state index in [4.69, 9.17) is 14.2 Å². The molecule has 1 unspecified atom stereocenters. The van der Waals surface area contributed by atoms with Crippen LogP contribution in [0.5, 0.6) is 23.0 Å². The molecule has 0 radical (unpaired) electrons. The number of hydrogen-bond acceptors (Lipinski definition) is 5. The molecule has 0 bridgehead atoms. The summed E-state index contributed by atoms with van der Waals surface area (Å²) < 4.78 is 16.5. The molecule has 2 aliphatic heterocycles. The van der Waals surface area contributed by atoms with Crippen LogP contribution in [0.1, 0.15) is 12.0 Å². The quantitative estimate of drug-likeness (QED) is 0.890. The predicted octanol–water partition coefficient (Wildman–Crippen LogP) is 2.45. The highest BCUT2D eigenvalue weighted by Gasteiger charge is 2.28. The maximum atomic E-state index is 12.3. The summed E-state index contributed by atoms with van der Waals surface area (Å²) in [4.78, 5) is 12.3. The minimum absolute atomic E-state index is 0.102. The highest BCUT2D eigenvalue weighted by Crippen LogP contribution is 2.40. The van der Waals surface area contributed by atoms with E-state index < -0.39 is 6.10 Å². The second-order valence-electron chi connectivity index (χ2n) is 5.50.